The van der Waals surface area contributed by atoms with Crippen LogP contribution in [0.25, 0.3) is 0 Å². The predicted molar refractivity (Wildman–Crippen MR) is 92.6 cm³/mol. The second-order valence-electron chi connectivity index (χ2n) is 5.08. The molecule has 0 fully saturated rings. The number of nitrogens with two attached hydrogens (primary N) is 1. The highest BCUT2D eigenvalue weighted by Crippen LogP contribution is 2.23. The van der Waals surface area contributed by atoms with Crippen molar-refractivity contribution in [3.63, 3.8) is 0 Å². The molecule has 0 bridgehead atoms. The average molecular weight is 362 g/mol. The zero-order valence-electron chi connectivity index (χ0n) is 13.6. The van der Waals surface area contributed by atoms with Gasteiger partial charge in [-0.3, -0.25) is 9.10 Å². The fourth-order valence-electron chi connectivity index (χ4n) is 2.22. The summed E-state index contributed by atoms with van der Waals surface area (Å²) >= 11 is 0. The molecule has 1 amide bonds. The van der Waals surface area contributed by atoms with Crippen LogP contribution in [0.5, 0.6) is 0 Å². The van der Waals surface area contributed by atoms with Crippen LogP contribution in [0.15, 0.2) is 59.5 Å². The van der Waals surface area contributed by atoms with Crippen LogP contribution in [-0.4, -0.2) is 33.4 Å². The average Bonchev–Trinajstić information content (AvgIpc) is 2.61. The highest BCUT2D eigenvalue weighted by molar-refractivity contribution is 7.92. The highest BCUT2D eigenvalue weighted by atomic mass is 32.2. The quantitative estimate of drug-likeness (QED) is 0.752. The molecule has 0 saturated carbocycles. The maximum Gasteiger partial charge on any atom is 0.338 e. The number of hydrogen-bond donors (Lipinski definition) is 1. The number of esters is 1. The lowest BCUT2D eigenvalue weighted by molar-refractivity contribution is -0.121. The van der Waals surface area contributed by atoms with Gasteiger partial charge in [-0.1, -0.05) is 24.3 Å². The number of anilines is 1. The van der Waals surface area contributed by atoms with Gasteiger partial charge in [0, 0.05) is 6.54 Å². The van der Waals surface area contributed by atoms with E-state index in [1.165, 1.54) is 28.6 Å². The van der Waals surface area contributed by atoms with Crippen LogP contribution in [0.2, 0.25) is 0 Å². The van der Waals surface area contributed by atoms with Gasteiger partial charge in [0.2, 0.25) is 0 Å². The molecule has 7 nitrogen and oxygen atoms in total. The molecule has 0 atom stereocenters. The number of sulfonamides is 1. The van der Waals surface area contributed by atoms with Crippen LogP contribution >= 0.6 is 0 Å². The van der Waals surface area contributed by atoms with E-state index in [-0.39, 0.29) is 17.0 Å². The number of para-hydroxylation sites is 1. The largest absolute Gasteiger partial charge is 0.452 e. The first-order valence-corrected chi connectivity index (χ1v) is 8.93. The summed E-state index contributed by atoms with van der Waals surface area (Å²) in [5.41, 5.74) is 5.46. The Hall–Kier alpha value is -2.87. The number of carbonyl (C=O) groups is 2. The number of amides is 1. The van der Waals surface area contributed by atoms with Crippen LogP contribution in [-0.2, 0) is 19.6 Å². The van der Waals surface area contributed by atoms with Gasteiger partial charge in [-0.2, -0.15) is 0 Å². The molecule has 0 radical (unpaired) electrons. The van der Waals surface area contributed by atoms with E-state index in [0.29, 0.717) is 5.69 Å². The van der Waals surface area contributed by atoms with E-state index in [9.17, 15) is 18.0 Å². The second kappa shape index (κ2) is 7.80. The molecule has 0 aliphatic heterocycles. The molecular formula is C17H18N2O5S. The zero-order valence-corrected chi connectivity index (χ0v) is 14.4. The summed E-state index contributed by atoms with van der Waals surface area (Å²) in [6, 6.07) is 14.1. The standard InChI is InChI=1S/C17H18N2O5S/c1-2-19(14-8-4-3-5-9-14)25(22,23)15-10-6-7-13(11-15)17(21)24-12-16(18)20/h3-11H,2,12H2,1H3,(H2,18,20). The Morgan fingerprint density at radius 2 is 1.76 bits per heavy atom. The van der Waals surface area contributed by atoms with E-state index in [1.54, 1.807) is 37.3 Å². The monoisotopic (exact) mass is 362 g/mol. The highest BCUT2D eigenvalue weighted by Gasteiger charge is 2.24. The minimum Gasteiger partial charge on any atom is -0.452 e. The van der Waals surface area contributed by atoms with Crippen molar-refractivity contribution >= 4 is 27.6 Å². The maximum absolute atomic E-state index is 12.9. The first-order chi connectivity index (χ1) is 11.9. The molecule has 132 valence electrons. The first-order valence-electron chi connectivity index (χ1n) is 7.49. The molecule has 0 saturated heterocycles. The van der Waals surface area contributed by atoms with Crippen LogP contribution in [0.3, 0.4) is 0 Å². The summed E-state index contributed by atoms with van der Waals surface area (Å²) in [6.45, 7) is 1.37. The van der Waals surface area contributed by atoms with E-state index < -0.39 is 28.5 Å². The minimum atomic E-state index is -3.86. The van der Waals surface area contributed by atoms with Gasteiger partial charge >= 0.3 is 5.97 Å². The van der Waals surface area contributed by atoms with Gasteiger partial charge < -0.3 is 10.5 Å². The summed E-state index contributed by atoms with van der Waals surface area (Å²) < 4.78 is 31.8. The molecule has 2 aromatic rings. The van der Waals surface area contributed by atoms with Gasteiger partial charge in [0.15, 0.2) is 6.61 Å². The first kappa shape index (κ1) is 18.5. The van der Waals surface area contributed by atoms with Crippen molar-refractivity contribution in [3.05, 3.63) is 60.2 Å². The lowest BCUT2D eigenvalue weighted by atomic mass is 10.2. The van der Waals surface area contributed by atoms with E-state index in [0.717, 1.165) is 0 Å². The summed E-state index contributed by atoms with van der Waals surface area (Å²) in [5.74, 6) is -1.61. The molecule has 0 aliphatic rings. The van der Waals surface area contributed by atoms with Crippen molar-refractivity contribution in [2.45, 2.75) is 11.8 Å². The Balaban J connectivity index is 2.35. The smallest absolute Gasteiger partial charge is 0.338 e. The molecule has 2 rings (SSSR count). The van der Waals surface area contributed by atoms with Crippen LogP contribution in [0.4, 0.5) is 5.69 Å². The van der Waals surface area contributed by atoms with Crippen LogP contribution < -0.4 is 10.0 Å². The van der Waals surface area contributed by atoms with Gasteiger partial charge in [0.25, 0.3) is 15.9 Å². The molecule has 25 heavy (non-hydrogen) atoms. The molecule has 0 unspecified atom stereocenters. The Bertz CT molecular complexity index is 866. The zero-order chi connectivity index (χ0) is 18.4. The van der Waals surface area contributed by atoms with Gasteiger partial charge in [0.05, 0.1) is 16.1 Å². The molecule has 0 aromatic heterocycles. The fraction of sp³-hybridized carbons (Fsp3) is 0.176. The molecular weight excluding hydrogens is 344 g/mol. The lowest BCUT2D eigenvalue weighted by Crippen LogP contribution is -2.30. The Kier molecular flexibility index (Phi) is 5.76. The third-order valence-electron chi connectivity index (χ3n) is 3.33. The van der Waals surface area contributed by atoms with E-state index in [1.807, 2.05) is 0 Å². The van der Waals surface area contributed by atoms with Crippen molar-refractivity contribution in [1.82, 2.24) is 0 Å². The van der Waals surface area contributed by atoms with E-state index in [4.69, 9.17) is 10.5 Å². The Labute approximate surface area is 146 Å². The number of carbonyl (C=O) groups excluding carboxylic acids is 2. The van der Waals surface area contributed by atoms with Crippen molar-refractivity contribution in [3.8, 4) is 0 Å². The molecule has 0 aliphatic carbocycles. The van der Waals surface area contributed by atoms with Crippen LogP contribution in [0, 0.1) is 0 Å². The van der Waals surface area contributed by atoms with E-state index >= 15 is 0 Å². The lowest BCUT2D eigenvalue weighted by Gasteiger charge is -2.23. The Morgan fingerprint density at radius 1 is 1.08 bits per heavy atom. The number of primary amides is 1. The Morgan fingerprint density at radius 3 is 2.36 bits per heavy atom. The SMILES string of the molecule is CCN(c1ccccc1)S(=O)(=O)c1cccc(C(=O)OCC(N)=O)c1. The summed E-state index contributed by atoms with van der Waals surface area (Å²) in [7, 11) is -3.86. The van der Waals surface area contributed by atoms with Gasteiger partial charge in [-0.25, -0.2) is 13.2 Å². The van der Waals surface area contributed by atoms with Crippen molar-refractivity contribution in [1.29, 1.82) is 0 Å². The fourth-order valence-corrected chi connectivity index (χ4v) is 3.74. The van der Waals surface area contributed by atoms with Gasteiger partial charge in [-0.15, -0.1) is 0 Å². The topological polar surface area (TPSA) is 107 Å². The summed E-state index contributed by atoms with van der Waals surface area (Å²) in [6.07, 6.45) is 0. The van der Waals surface area contributed by atoms with Crippen LogP contribution in [0.1, 0.15) is 17.3 Å². The third-order valence-corrected chi connectivity index (χ3v) is 5.23. The minimum absolute atomic E-state index is 0.0199. The maximum atomic E-state index is 12.9. The molecule has 2 aromatic carbocycles. The number of nitrogens with zero attached hydrogens (tertiary/aromatic N) is 1. The molecule has 0 spiro atoms. The van der Waals surface area contributed by atoms with Gasteiger partial charge in [0.1, 0.15) is 0 Å². The molecule has 0 heterocycles. The number of hydrogen-bond acceptors (Lipinski definition) is 5. The molecule has 2 N–H and O–H groups in total. The van der Waals surface area contributed by atoms with Gasteiger partial charge in [-0.05, 0) is 37.3 Å². The number of rotatable bonds is 7. The van der Waals surface area contributed by atoms with E-state index in [2.05, 4.69) is 0 Å². The van der Waals surface area contributed by atoms with Crippen molar-refractivity contribution in [2.75, 3.05) is 17.5 Å². The second-order valence-corrected chi connectivity index (χ2v) is 6.94. The number of benzene rings is 2. The summed E-state index contributed by atoms with van der Waals surface area (Å²) in [4.78, 5) is 22.5. The normalized spacial score (nSPS) is 10.9. The van der Waals surface area contributed by atoms with Crippen molar-refractivity contribution in [2.24, 2.45) is 5.73 Å². The van der Waals surface area contributed by atoms with Crippen molar-refractivity contribution < 1.29 is 22.7 Å². The summed E-state index contributed by atoms with van der Waals surface area (Å²) in [5, 5.41) is 0. The molecule has 8 heteroatoms. The predicted octanol–water partition coefficient (Wildman–Crippen LogP) is 1.54. The number of ether oxygens (including phenoxy) is 1. The third kappa shape index (κ3) is 4.36.